The maximum absolute atomic E-state index is 11.9. The van der Waals surface area contributed by atoms with Crippen LogP contribution in [-0.4, -0.2) is 43.4 Å². The topological polar surface area (TPSA) is 70.6 Å². The first-order chi connectivity index (χ1) is 9.20. The Morgan fingerprint density at radius 3 is 2.89 bits per heavy atom. The Morgan fingerprint density at radius 2 is 2.26 bits per heavy atom. The Kier molecular flexibility index (Phi) is 4.90. The van der Waals surface area contributed by atoms with Gasteiger partial charge in [0.25, 0.3) is 0 Å². The molecule has 19 heavy (non-hydrogen) atoms. The summed E-state index contributed by atoms with van der Waals surface area (Å²) in [7, 11) is 1.64. The van der Waals surface area contributed by atoms with E-state index in [-0.39, 0.29) is 24.6 Å². The fraction of sp³-hybridized carbons (Fsp3) is 0.500. The van der Waals surface area contributed by atoms with E-state index in [0.717, 1.165) is 5.56 Å². The van der Waals surface area contributed by atoms with E-state index in [4.69, 9.17) is 4.74 Å². The first kappa shape index (κ1) is 14.0. The number of amides is 1. The predicted molar refractivity (Wildman–Crippen MR) is 71.6 cm³/mol. The van der Waals surface area contributed by atoms with E-state index in [9.17, 15) is 9.90 Å². The molecule has 0 bridgehead atoms. The molecule has 0 spiro atoms. The standard InChI is InChI=1S/C14H20N2O3/c1-19-11-7-12(15-8-11)14(18)16-9-13(17)10-5-3-2-4-6-10/h2-6,11-13,15,17H,7-9H2,1H3,(H,16,18). The highest BCUT2D eigenvalue weighted by molar-refractivity contribution is 5.82. The zero-order valence-electron chi connectivity index (χ0n) is 11.0. The number of hydrogen-bond donors (Lipinski definition) is 3. The third-order valence-electron chi connectivity index (χ3n) is 3.39. The lowest BCUT2D eigenvalue weighted by molar-refractivity contribution is -0.123. The van der Waals surface area contributed by atoms with Gasteiger partial charge in [0.05, 0.1) is 18.2 Å². The normalized spacial score (nSPS) is 24.1. The Labute approximate surface area is 113 Å². The number of aliphatic hydroxyl groups is 1. The molecule has 3 unspecified atom stereocenters. The van der Waals surface area contributed by atoms with Crippen LogP contribution in [0.25, 0.3) is 0 Å². The minimum absolute atomic E-state index is 0.0884. The van der Waals surface area contributed by atoms with Crippen molar-refractivity contribution < 1.29 is 14.6 Å². The molecule has 1 aromatic rings. The van der Waals surface area contributed by atoms with Crippen LogP contribution < -0.4 is 10.6 Å². The second kappa shape index (κ2) is 6.65. The van der Waals surface area contributed by atoms with Crippen molar-refractivity contribution in [1.82, 2.24) is 10.6 Å². The minimum atomic E-state index is -0.676. The average Bonchev–Trinajstić information content (AvgIpc) is 2.94. The number of carbonyl (C=O) groups is 1. The number of hydrogen-bond acceptors (Lipinski definition) is 4. The van der Waals surface area contributed by atoms with Crippen LogP contribution in [0.2, 0.25) is 0 Å². The Balaban J connectivity index is 1.78. The molecule has 1 saturated heterocycles. The van der Waals surface area contributed by atoms with Gasteiger partial charge in [-0.05, 0) is 12.0 Å². The maximum atomic E-state index is 11.9. The molecule has 5 nitrogen and oxygen atoms in total. The van der Waals surface area contributed by atoms with E-state index in [2.05, 4.69) is 10.6 Å². The van der Waals surface area contributed by atoms with Crippen LogP contribution in [0.15, 0.2) is 30.3 Å². The van der Waals surface area contributed by atoms with Gasteiger partial charge < -0.3 is 20.5 Å². The highest BCUT2D eigenvalue weighted by Gasteiger charge is 2.29. The van der Waals surface area contributed by atoms with Crippen molar-refractivity contribution in [2.24, 2.45) is 0 Å². The molecule has 1 fully saturated rings. The maximum Gasteiger partial charge on any atom is 0.237 e. The van der Waals surface area contributed by atoms with E-state index < -0.39 is 6.10 Å². The lowest BCUT2D eigenvalue weighted by Gasteiger charge is -2.15. The zero-order chi connectivity index (χ0) is 13.7. The number of ether oxygens (including phenoxy) is 1. The summed E-state index contributed by atoms with van der Waals surface area (Å²) in [5.74, 6) is -0.0884. The summed E-state index contributed by atoms with van der Waals surface area (Å²) in [6.45, 7) is 0.911. The van der Waals surface area contributed by atoms with Crippen molar-refractivity contribution in [3.63, 3.8) is 0 Å². The number of rotatable bonds is 5. The molecule has 0 aliphatic carbocycles. The molecule has 0 aromatic heterocycles. The highest BCUT2D eigenvalue weighted by Crippen LogP contribution is 2.12. The van der Waals surface area contributed by atoms with Gasteiger partial charge in [0.1, 0.15) is 0 Å². The van der Waals surface area contributed by atoms with Gasteiger partial charge in [-0.2, -0.15) is 0 Å². The van der Waals surface area contributed by atoms with Crippen LogP contribution in [0.5, 0.6) is 0 Å². The minimum Gasteiger partial charge on any atom is -0.387 e. The second-order valence-electron chi connectivity index (χ2n) is 4.73. The van der Waals surface area contributed by atoms with Gasteiger partial charge in [-0.1, -0.05) is 30.3 Å². The van der Waals surface area contributed by atoms with Crippen molar-refractivity contribution in [1.29, 1.82) is 0 Å². The monoisotopic (exact) mass is 264 g/mol. The summed E-state index contributed by atoms with van der Waals surface area (Å²) in [6.07, 6.45) is 0.0867. The van der Waals surface area contributed by atoms with Gasteiger partial charge >= 0.3 is 0 Å². The second-order valence-corrected chi connectivity index (χ2v) is 4.73. The van der Waals surface area contributed by atoms with E-state index in [0.29, 0.717) is 13.0 Å². The van der Waals surface area contributed by atoms with Gasteiger partial charge in [0, 0.05) is 20.2 Å². The Morgan fingerprint density at radius 1 is 1.53 bits per heavy atom. The summed E-state index contributed by atoms with van der Waals surface area (Å²) >= 11 is 0. The van der Waals surface area contributed by atoms with Crippen LogP contribution in [0.1, 0.15) is 18.1 Å². The number of carbonyl (C=O) groups excluding carboxylic acids is 1. The molecule has 3 N–H and O–H groups in total. The van der Waals surface area contributed by atoms with Crippen molar-refractivity contribution in [3.05, 3.63) is 35.9 Å². The molecule has 104 valence electrons. The van der Waals surface area contributed by atoms with Gasteiger partial charge in [0.2, 0.25) is 5.91 Å². The number of methoxy groups -OCH3 is 1. The molecule has 1 aliphatic rings. The summed E-state index contributed by atoms with van der Waals surface area (Å²) in [5.41, 5.74) is 0.803. The molecule has 2 rings (SSSR count). The van der Waals surface area contributed by atoms with Crippen LogP contribution in [0.4, 0.5) is 0 Å². The van der Waals surface area contributed by atoms with E-state index in [1.165, 1.54) is 0 Å². The van der Waals surface area contributed by atoms with Gasteiger partial charge in [-0.3, -0.25) is 4.79 Å². The van der Waals surface area contributed by atoms with Crippen LogP contribution in [-0.2, 0) is 9.53 Å². The van der Waals surface area contributed by atoms with Crippen molar-refractivity contribution in [3.8, 4) is 0 Å². The first-order valence-electron chi connectivity index (χ1n) is 6.47. The molecule has 5 heteroatoms. The third-order valence-corrected chi connectivity index (χ3v) is 3.39. The van der Waals surface area contributed by atoms with E-state index >= 15 is 0 Å². The molecule has 1 aromatic carbocycles. The molecule has 0 radical (unpaired) electrons. The lowest BCUT2D eigenvalue weighted by atomic mass is 10.1. The average molecular weight is 264 g/mol. The molecule has 0 saturated carbocycles. The van der Waals surface area contributed by atoms with Crippen LogP contribution in [0, 0.1) is 0 Å². The molecule has 3 atom stereocenters. The number of nitrogens with one attached hydrogen (secondary N) is 2. The molecular weight excluding hydrogens is 244 g/mol. The predicted octanol–water partition coefficient (Wildman–Crippen LogP) is 0.213. The quantitative estimate of drug-likeness (QED) is 0.711. The van der Waals surface area contributed by atoms with Crippen LogP contribution in [0.3, 0.4) is 0 Å². The molecule has 1 amide bonds. The lowest BCUT2D eigenvalue weighted by Crippen LogP contribution is -2.41. The Hall–Kier alpha value is -1.43. The van der Waals surface area contributed by atoms with Gasteiger partial charge in [0.15, 0.2) is 0 Å². The first-order valence-corrected chi connectivity index (χ1v) is 6.47. The summed E-state index contributed by atoms with van der Waals surface area (Å²) in [5, 5.41) is 15.8. The SMILES string of the molecule is COC1CNC(C(=O)NCC(O)c2ccccc2)C1. The van der Waals surface area contributed by atoms with Crippen LogP contribution >= 0.6 is 0 Å². The van der Waals surface area contributed by atoms with E-state index in [1.807, 2.05) is 30.3 Å². The highest BCUT2D eigenvalue weighted by atomic mass is 16.5. The smallest absolute Gasteiger partial charge is 0.237 e. The Bertz CT molecular complexity index is 410. The number of aliphatic hydroxyl groups excluding tert-OH is 1. The molecule has 1 heterocycles. The summed E-state index contributed by atoms with van der Waals surface area (Å²) in [6, 6.07) is 9.07. The fourth-order valence-electron chi connectivity index (χ4n) is 2.20. The summed E-state index contributed by atoms with van der Waals surface area (Å²) in [4.78, 5) is 11.9. The molecule has 1 aliphatic heterocycles. The zero-order valence-corrected chi connectivity index (χ0v) is 11.0. The van der Waals surface area contributed by atoms with Crippen molar-refractivity contribution in [2.45, 2.75) is 24.7 Å². The van der Waals surface area contributed by atoms with Gasteiger partial charge in [-0.15, -0.1) is 0 Å². The van der Waals surface area contributed by atoms with E-state index in [1.54, 1.807) is 7.11 Å². The van der Waals surface area contributed by atoms with Crippen molar-refractivity contribution in [2.75, 3.05) is 20.2 Å². The number of benzene rings is 1. The van der Waals surface area contributed by atoms with Crippen molar-refractivity contribution >= 4 is 5.91 Å². The third kappa shape index (κ3) is 3.76. The molecular formula is C14H20N2O3. The fourth-order valence-corrected chi connectivity index (χ4v) is 2.20. The summed E-state index contributed by atoms with van der Waals surface area (Å²) < 4.78 is 5.19. The van der Waals surface area contributed by atoms with Gasteiger partial charge in [-0.25, -0.2) is 0 Å². The largest absolute Gasteiger partial charge is 0.387 e.